The van der Waals surface area contributed by atoms with Gasteiger partial charge in [-0.3, -0.25) is 0 Å². The van der Waals surface area contributed by atoms with Gasteiger partial charge in [0.1, 0.15) is 28.9 Å². The molecular weight excluding hydrogens is 275 g/mol. The van der Waals surface area contributed by atoms with Crippen molar-refractivity contribution in [2.24, 2.45) is 5.73 Å². The van der Waals surface area contributed by atoms with Crippen LogP contribution in [0.2, 0.25) is 0 Å². The van der Waals surface area contributed by atoms with Gasteiger partial charge < -0.3 is 10.6 Å². The largest absolute Gasteiger partial charge is 0.405 e. The lowest BCUT2D eigenvalue weighted by atomic mass is 10.1. The van der Waals surface area contributed by atoms with Gasteiger partial charge in [-0.05, 0) is 12.1 Å². The molecule has 0 radical (unpaired) electrons. The Morgan fingerprint density at radius 1 is 1.28 bits per heavy atom. The first-order chi connectivity index (χ1) is 8.11. The molecule has 1 rings (SSSR count). The van der Waals surface area contributed by atoms with Crippen molar-refractivity contribution in [3.8, 4) is 0 Å². The summed E-state index contributed by atoms with van der Waals surface area (Å²) in [4.78, 5) is 0.200. The van der Waals surface area contributed by atoms with E-state index in [1.807, 2.05) is 0 Å². The number of thiocarbonyl (C=S) groups is 1. The summed E-state index contributed by atoms with van der Waals surface area (Å²) in [6, 6.07) is 1.60. The molecule has 0 heterocycles. The number of benzene rings is 1. The third kappa shape index (κ3) is 3.52. The topological polar surface area (TPSA) is 29.3 Å². The van der Waals surface area contributed by atoms with Crippen LogP contribution in [0.3, 0.4) is 0 Å². The minimum absolute atomic E-state index is 0.0795. The molecule has 18 heavy (non-hydrogen) atoms. The van der Waals surface area contributed by atoms with Crippen molar-refractivity contribution < 1.29 is 22.0 Å². The highest BCUT2D eigenvalue weighted by molar-refractivity contribution is 7.80. The number of nitrogens with two attached hydrogens (primary N) is 1. The fraction of sp³-hybridized carbons (Fsp3) is 0.300. The maximum atomic E-state index is 13.5. The first-order valence-corrected chi connectivity index (χ1v) is 5.09. The molecule has 2 N–H and O–H groups in total. The Labute approximate surface area is 105 Å². The first kappa shape index (κ1) is 14.6. The van der Waals surface area contributed by atoms with Gasteiger partial charge in [0.25, 0.3) is 0 Å². The Morgan fingerprint density at radius 3 is 2.06 bits per heavy atom. The summed E-state index contributed by atoms with van der Waals surface area (Å²) in [6.45, 7) is -1.47. The summed E-state index contributed by atoms with van der Waals surface area (Å²) in [5.74, 6) is -2.30. The number of hydrogen-bond acceptors (Lipinski definition) is 2. The number of alkyl halides is 3. The molecule has 8 heteroatoms. The molecule has 1 aromatic carbocycles. The van der Waals surface area contributed by atoms with E-state index in [1.54, 1.807) is 0 Å². The van der Waals surface area contributed by atoms with Crippen LogP contribution in [0.25, 0.3) is 0 Å². The molecule has 0 unspecified atom stereocenters. The van der Waals surface area contributed by atoms with Gasteiger partial charge in [0.05, 0.1) is 0 Å². The summed E-state index contributed by atoms with van der Waals surface area (Å²) >= 11 is 4.53. The van der Waals surface area contributed by atoms with Crippen molar-refractivity contribution in [3.63, 3.8) is 0 Å². The van der Waals surface area contributed by atoms with E-state index in [4.69, 9.17) is 5.73 Å². The van der Waals surface area contributed by atoms with Gasteiger partial charge in [0.2, 0.25) is 0 Å². The highest BCUT2D eigenvalue weighted by atomic mass is 32.1. The van der Waals surface area contributed by atoms with Gasteiger partial charge in [0, 0.05) is 12.6 Å². The lowest BCUT2D eigenvalue weighted by Crippen LogP contribution is -2.32. The second kappa shape index (κ2) is 5.05. The van der Waals surface area contributed by atoms with E-state index >= 15 is 0 Å². The van der Waals surface area contributed by atoms with Crippen molar-refractivity contribution >= 4 is 22.9 Å². The summed E-state index contributed by atoms with van der Waals surface area (Å²) in [7, 11) is 0.940. The standard InChI is InChI=1S/C10H9F5N2S/c1-17(4-10(13,14)15)8-6(11)2-5(9(16)18)3-7(8)12/h2-3H,4H2,1H3,(H2,16,18). The predicted octanol–water partition coefficient (Wildman–Crippen LogP) is 2.60. The Balaban J connectivity index is 3.14. The van der Waals surface area contributed by atoms with Gasteiger partial charge in [-0.15, -0.1) is 0 Å². The van der Waals surface area contributed by atoms with Crippen LogP contribution in [0.15, 0.2) is 12.1 Å². The SMILES string of the molecule is CN(CC(F)(F)F)c1c(F)cc(C(N)=S)cc1F. The highest BCUT2D eigenvalue weighted by Crippen LogP contribution is 2.27. The van der Waals surface area contributed by atoms with Crippen LogP contribution < -0.4 is 10.6 Å². The molecule has 0 aliphatic rings. The molecular formula is C10H9F5N2S. The zero-order valence-electron chi connectivity index (χ0n) is 9.18. The van der Waals surface area contributed by atoms with E-state index < -0.39 is 30.0 Å². The highest BCUT2D eigenvalue weighted by Gasteiger charge is 2.31. The monoisotopic (exact) mass is 284 g/mol. The van der Waals surface area contributed by atoms with Gasteiger partial charge in [-0.1, -0.05) is 12.2 Å². The fourth-order valence-electron chi connectivity index (χ4n) is 1.42. The van der Waals surface area contributed by atoms with E-state index in [1.165, 1.54) is 0 Å². The molecule has 1 aromatic rings. The number of rotatable bonds is 3. The quantitative estimate of drug-likeness (QED) is 0.683. The molecule has 0 aromatic heterocycles. The molecule has 0 atom stereocenters. The molecule has 0 aliphatic heterocycles. The Bertz CT molecular complexity index is 449. The van der Waals surface area contributed by atoms with Crippen molar-refractivity contribution in [1.82, 2.24) is 0 Å². The van der Waals surface area contributed by atoms with Gasteiger partial charge in [0.15, 0.2) is 0 Å². The van der Waals surface area contributed by atoms with Gasteiger partial charge >= 0.3 is 6.18 Å². The summed E-state index contributed by atoms with van der Waals surface area (Å²) in [5.41, 5.74) is 4.33. The summed E-state index contributed by atoms with van der Waals surface area (Å²) in [6.07, 6.45) is -4.56. The van der Waals surface area contributed by atoms with Gasteiger partial charge in [-0.2, -0.15) is 13.2 Å². The maximum Gasteiger partial charge on any atom is 0.405 e. The number of hydrogen-bond donors (Lipinski definition) is 1. The van der Waals surface area contributed by atoms with Crippen molar-refractivity contribution in [2.45, 2.75) is 6.18 Å². The molecule has 100 valence electrons. The molecule has 0 spiro atoms. The van der Waals surface area contributed by atoms with Crippen LogP contribution in [0.4, 0.5) is 27.6 Å². The molecule has 0 aliphatic carbocycles. The Hall–Kier alpha value is -1.44. The van der Waals surface area contributed by atoms with E-state index in [2.05, 4.69) is 12.2 Å². The number of nitrogens with zero attached hydrogens (tertiary/aromatic N) is 1. The van der Waals surface area contributed by atoms with Gasteiger partial charge in [-0.25, -0.2) is 8.78 Å². The van der Waals surface area contributed by atoms with Crippen LogP contribution in [0, 0.1) is 11.6 Å². The van der Waals surface area contributed by atoms with Crippen LogP contribution in [-0.2, 0) is 0 Å². The smallest absolute Gasteiger partial charge is 0.389 e. The third-order valence-corrected chi connectivity index (χ3v) is 2.34. The van der Waals surface area contributed by atoms with Crippen LogP contribution >= 0.6 is 12.2 Å². The second-order valence-electron chi connectivity index (χ2n) is 3.62. The van der Waals surface area contributed by atoms with Crippen molar-refractivity contribution in [3.05, 3.63) is 29.3 Å². The van der Waals surface area contributed by atoms with E-state index in [-0.39, 0.29) is 10.6 Å². The molecule has 0 amide bonds. The summed E-state index contributed by atoms with van der Waals surface area (Å²) in [5, 5.41) is 0. The lowest BCUT2D eigenvalue weighted by molar-refractivity contribution is -0.119. The van der Waals surface area contributed by atoms with E-state index in [0.717, 1.165) is 19.2 Å². The second-order valence-corrected chi connectivity index (χ2v) is 4.06. The average Bonchev–Trinajstić information content (AvgIpc) is 2.12. The normalized spacial score (nSPS) is 11.4. The lowest BCUT2D eigenvalue weighted by Gasteiger charge is -2.22. The number of halogens is 5. The zero-order valence-corrected chi connectivity index (χ0v) is 10.0. The molecule has 0 bridgehead atoms. The molecule has 0 saturated carbocycles. The van der Waals surface area contributed by atoms with Crippen molar-refractivity contribution in [1.29, 1.82) is 0 Å². The van der Waals surface area contributed by atoms with Crippen LogP contribution in [0.5, 0.6) is 0 Å². The third-order valence-electron chi connectivity index (χ3n) is 2.10. The van der Waals surface area contributed by atoms with E-state index in [0.29, 0.717) is 4.90 Å². The Morgan fingerprint density at radius 2 is 1.72 bits per heavy atom. The zero-order chi connectivity index (χ0) is 14.1. The molecule has 0 saturated heterocycles. The summed E-state index contributed by atoms with van der Waals surface area (Å²) < 4.78 is 63.5. The first-order valence-electron chi connectivity index (χ1n) is 4.68. The van der Waals surface area contributed by atoms with Crippen molar-refractivity contribution in [2.75, 3.05) is 18.5 Å². The number of anilines is 1. The maximum absolute atomic E-state index is 13.5. The minimum Gasteiger partial charge on any atom is -0.389 e. The minimum atomic E-state index is -4.56. The average molecular weight is 284 g/mol. The predicted molar refractivity (Wildman–Crippen MR) is 61.6 cm³/mol. The van der Waals surface area contributed by atoms with Crippen LogP contribution in [0.1, 0.15) is 5.56 Å². The Kier molecular flexibility index (Phi) is 4.10. The molecule has 0 fully saturated rings. The molecule has 2 nitrogen and oxygen atoms in total. The fourth-order valence-corrected chi connectivity index (χ4v) is 1.54. The van der Waals surface area contributed by atoms with Crippen LogP contribution in [-0.4, -0.2) is 24.8 Å². The van der Waals surface area contributed by atoms with E-state index in [9.17, 15) is 22.0 Å².